The molecule has 3 aliphatic heterocycles. The molecule has 1 spiro atoms. The molecule has 0 unspecified atom stereocenters. The number of primary amides is 2. The molecule has 0 aliphatic carbocycles. The molecule has 1 aromatic carbocycles. The van der Waals surface area contributed by atoms with E-state index in [0.29, 0.717) is 44.4 Å². The van der Waals surface area contributed by atoms with E-state index in [0.717, 1.165) is 18.4 Å². The Morgan fingerprint density at radius 3 is 2.27 bits per heavy atom. The first kappa shape index (κ1) is 63.1. The maximum absolute atomic E-state index is 14.3. The molecule has 428 valence electrons. The molecule has 12 N–H and O–H groups in total. The molecule has 3 fully saturated rings. The van der Waals surface area contributed by atoms with Crippen molar-refractivity contribution in [2.24, 2.45) is 29.0 Å². The number of allylic oxidation sites excluding steroid dienone is 2. The highest BCUT2D eigenvalue weighted by Gasteiger charge is 2.58. The SMILES string of the molecule is CC(=O)O[C@@H](C)/C=C\C(=O)N[C@@H]1C[C@H](C)[C@H](C/C=C(C)/C=C/[C@H]2O[C@H](CC(=O)NCNC(=O)OCc3ccc(N(C(=O)[C@@H](NC(=O)CCCCCN)C(C)C)[C@@H](CCCNC(N)=O)C(N)=O)cc3)C[C@@]3(CO3)[C@@H]2O)O[C@@H]1C. The number of unbranched alkanes of at least 4 members (excludes halogenated alkanes) is 2. The molecule has 3 heterocycles. The number of urea groups is 1. The number of amides is 8. The number of ether oxygens (including phenoxy) is 5. The Morgan fingerprint density at radius 1 is 0.922 bits per heavy atom. The zero-order valence-electron chi connectivity index (χ0n) is 45.6. The van der Waals surface area contributed by atoms with Crippen LogP contribution in [-0.2, 0) is 59.1 Å². The lowest BCUT2D eigenvalue weighted by atomic mass is 9.87. The molecular weight excluding hydrogens is 999 g/mol. The van der Waals surface area contributed by atoms with Crippen LogP contribution in [0.4, 0.5) is 15.3 Å². The molecule has 0 radical (unpaired) electrons. The topological polar surface area (TPSA) is 348 Å². The summed E-state index contributed by atoms with van der Waals surface area (Å²) in [5, 5.41) is 24.6. The van der Waals surface area contributed by atoms with E-state index in [4.69, 9.17) is 40.9 Å². The van der Waals surface area contributed by atoms with Crippen molar-refractivity contribution in [2.45, 2.75) is 180 Å². The lowest BCUT2D eigenvalue weighted by molar-refractivity contribution is -0.145. The predicted octanol–water partition coefficient (Wildman–Crippen LogP) is 2.66. The molecule has 8 amide bonds. The normalized spacial score (nSPS) is 24.3. The first-order valence-electron chi connectivity index (χ1n) is 26.6. The number of epoxide rings is 1. The molecule has 1 aromatic rings. The van der Waals surface area contributed by atoms with Gasteiger partial charge < -0.3 is 72.6 Å². The van der Waals surface area contributed by atoms with Crippen LogP contribution in [0.25, 0.3) is 0 Å². The summed E-state index contributed by atoms with van der Waals surface area (Å²) in [6.45, 7) is 12.9. The van der Waals surface area contributed by atoms with E-state index < -0.39 is 77.9 Å². The van der Waals surface area contributed by atoms with Gasteiger partial charge in [-0.25, -0.2) is 9.59 Å². The second-order valence-electron chi connectivity index (χ2n) is 20.5. The Bertz CT molecular complexity index is 2250. The summed E-state index contributed by atoms with van der Waals surface area (Å²) in [6, 6.07) is 3.21. The van der Waals surface area contributed by atoms with Crippen LogP contribution in [-0.4, -0.2) is 139 Å². The van der Waals surface area contributed by atoms with Gasteiger partial charge in [0.25, 0.3) is 5.91 Å². The first-order valence-corrected chi connectivity index (χ1v) is 26.6. The van der Waals surface area contributed by atoms with Crippen LogP contribution >= 0.6 is 0 Å². The Morgan fingerprint density at radius 2 is 1.64 bits per heavy atom. The van der Waals surface area contributed by atoms with Crippen molar-refractivity contribution in [3.63, 3.8) is 0 Å². The van der Waals surface area contributed by atoms with Crippen molar-refractivity contribution >= 4 is 53.3 Å². The molecule has 3 aliphatic rings. The van der Waals surface area contributed by atoms with Gasteiger partial charge in [0.2, 0.25) is 23.6 Å². The van der Waals surface area contributed by atoms with E-state index in [-0.39, 0.29) is 93.1 Å². The second-order valence-corrected chi connectivity index (χ2v) is 20.5. The average molecular weight is 1080 g/mol. The number of rotatable bonds is 29. The second kappa shape index (κ2) is 31.1. The van der Waals surface area contributed by atoms with Crippen molar-refractivity contribution in [1.82, 2.24) is 26.6 Å². The number of carbonyl (C=O) groups is 8. The van der Waals surface area contributed by atoms with E-state index >= 15 is 0 Å². The number of hydrogen-bond donors (Lipinski definition) is 9. The number of hydrogen-bond acceptors (Lipinski definition) is 15. The number of nitrogens with one attached hydrogen (secondary N) is 5. The van der Waals surface area contributed by atoms with Gasteiger partial charge in [-0.2, -0.15) is 0 Å². The fraction of sp³-hybridized carbons (Fsp3) is 0.630. The molecule has 23 nitrogen and oxygen atoms in total. The molecule has 3 saturated heterocycles. The minimum Gasteiger partial charge on any atom is -0.459 e. The lowest BCUT2D eigenvalue weighted by Gasteiger charge is -2.39. The van der Waals surface area contributed by atoms with Gasteiger partial charge >= 0.3 is 18.1 Å². The van der Waals surface area contributed by atoms with Gasteiger partial charge in [0.15, 0.2) is 0 Å². The summed E-state index contributed by atoms with van der Waals surface area (Å²) in [5.41, 5.74) is 17.5. The molecule has 0 bridgehead atoms. The standard InChI is InChI=1S/C54H83N9O14/c1-32(2)48(62-45(65)13-9-8-10-24-55)51(70)63(42(50(56)69)12-11-25-58-52(57)71)39-19-17-38(18-20-39)29-73-53(72)60-31-59-47(67)27-40-28-54(30-74-54)49(68)44(77-40)22-15-33(3)14-21-43-34(4)26-41(36(6)76-43)61-46(66)23-16-35(5)75-37(7)64/h14-20,22-23,32,34-36,40-44,48-49,68H,8-13,21,24-31,55H2,1-7H3,(H2,56,69)(H,59,67)(H,60,72)(H,61,66)(H,62,65)(H3,57,58,71)/b22-15+,23-16-,33-14+/t34-,35-,36+,40+,41+,42-,43-,44+,48-,49+,54+/m0/s1. The highest BCUT2D eigenvalue weighted by atomic mass is 16.6. The van der Waals surface area contributed by atoms with Crippen molar-refractivity contribution in [1.29, 1.82) is 0 Å². The van der Waals surface area contributed by atoms with Gasteiger partial charge in [0, 0.05) is 38.1 Å². The third kappa shape index (κ3) is 21.2. The fourth-order valence-corrected chi connectivity index (χ4v) is 9.22. The van der Waals surface area contributed by atoms with Crippen LogP contribution in [0.2, 0.25) is 0 Å². The van der Waals surface area contributed by atoms with Crippen LogP contribution in [0, 0.1) is 11.8 Å². The Hall–Kier alpha value is -6.40. The smallest absolute Gasteiger partial charge is 0.408 e. The van der Waals surface area contributed by atoms with Gasteiger partial charge in [-0.1, -0.05) is 63.1 Å². The summed E-state index contributed by atoms with van der Waals surface area (Å²) in [5.74, 6) is -3.07. The Labute approximate surface area is 451 Å². The largest absolute Gasteiger partial charge is 0.459 e. The van der Waals surface area contributed by atoms with Crippen molar-refractivity contribution < 1.29 is 67.1 Å². The maximum atomic E-state index is 14.3. The number of benzene rings is 1. The van der Waals surface area contributed by atoms with E-state index in [9.17, 15) is 43.5 Å². The number of carbonyl (C=O) groups excluding carboxylic acids is 8. The molecule has 11 atom stereocenters. The number of aliphatic hydroxyl groups excluding tert-OH is 1. The van der Waals surface area contributed by atoms with Crippen LogP contribution in [0.3, 0.4) is 0 Å². The number of aliphatic hydroxyl groups is 1. The highest BCUT2D eigenvalue weighted by Crippen LogP contribution is 2.43. The predicted molar refractivity (Wildman–Crippen MR) is 285 cm³/mol. The van der Waals surface area contributed by atoms with Crippen LogP contribution < -0.4 is 48.7 Å². The number of anilines is 1. The summed E-state index contributed by atoms with van der Waals surface area (Å²) >= 11 is 0. The third-order valence-electron chi connectivity index (χ3n) is 13.6. The van der Waals surface area contributed by atoms with Crippen LogP contribution in [0.5, 0.6) is 0 Å². The average Bonchev–Trinajstić information content (AvgIpc) is 4.16. The van der Waals surface area contributed by atoms with E-state index in [2.05, 4.69) is 33.5 Å². The molecule has 23 heteroatoms. The summed E-state index contributed by atoms with van der Waals surface area (Å²) in [6.07, 6.45) is 8.71. The maximum Gasteiger partial charge on any atom is 0.408 e. The molecule has 0 aromatic heterocycles. The minimum absolute atomic E-state index is 0.0661. The van der Waals surface area contributed by atoms with Crippen molar-refractivity contribution in [2.75, 3.05) is 31.3 Å². The lowest BCUT2D eigenvalue weighted by Crippen LogP contribution is -2.57. The van der Waals surface area contributed by atoms with Gasteiger partial charge in [-0.05, 0) is 101 Å². The number of alkyl carbamates (subject to hydrolysis) is 1. The zero-order chi connectivity index (χ0) is 56.8. The molecular formula is C54H83N9O14. The van der Waals surface area contributed by atoms with Gasteiger partial charge in [0.1, 0.15) is 42.6 Å². The van der Waals surface area contributed by atoms with Gasteiger partial charge in [0.05, 0.1) is 44.1 Å². The summed E-state index contributed by atoms with van der Waals surface area (Å²) in [4.78, 5) is 102. The van der Waals surface area contributed by atoms with E-state index in [1.54, 1.807) is 51.1 Å². The van der Waals surface area contributed by atoms with Crippen molar-refractivity contribution in [3.8, 4) is 0 Å². The van der Waals surface area contributed by atoms with Crippen molar-refractivity contribution in [3.05, 3.63) is 65.8 Å². The molecule has 77 heavy (non-hydrogen) atoms. The highest BCUT2D eigenvalue weighted by molar-refractivity contribution is 6.04. The summed E-state index contributed by atoms with van der Waals surface area (Å²) < 4.78 is 28.6. The van der Waals surface area contributed by atoms with E-state index in [1.165, 1.54) is 24.0 Å². The first-order chi connectivity index (χ1) is 36.5. The zero-order valence-corrected chi connectivity index (χ0v) is 45.6. The summed E-state index contributed by atoms with van der Waals surface area (Å²) in [7, 11) is 0. The van der Waals surface area contributed by atoms with Gasteiger partial charge in [-0.15, -0.1) is 0 Å². The third-order valence-corrected chi connectivity index (χ3v) is 13.6. The van der Waals surface area contributed by atoms with Crippen LogP contribution in [0.15, 0.2) is 60.2 Å². The Balaban J connectivity index is 1.27. The quantitative estimate of drug-likeness (QED) is 0.0139. The Kier molecular flexibility index (Phi) is 25.5. The van der Waals surface area contributed by atoms with Gasteiger partial charge in [-0.3, -0.25) is 33.7 Å². The minimum atomic E-state index is -1.16. The number of esters is 1. The number of nitrogens with two attached hydrogens (primary N) is 3. The fourth-order valence-electron chi connectivity index (χ4n) is 9.22. The van der Waals surface area contributed by atoms with Crippen LogP contribution in [0.1, 0.15) is 118 Å². The van der Waals surface area contributed by atoms with E-state index in [1.807, 2.05) is 26.0 Å². The molecule has 0 saturated carbocycles. The number of nitrogens with zero attached hydrogens (tertiary/aromatic N) is 1. The monoisotopic (exact) mass is 1080 g/mol. The molecule has 4 rings (SSSR count).